The molecule has 0 bridgehead atoms. The molecule has 0 saturated heterocycles. The summed E-state index contributed by atoms with van der Waals surface area (Å²) < 4.78 is 16.5. The van der Waals surface area contributed by atoms with Crippen molar-refractivity contribution in [2.75, 3.05) is 7.11 Å². The number of rotatable bonds is 5. The first-order chi connectivity index (χ1) is 10.9. The van der Waals surface area contributed by atoms with Gasteiger partial charge in [0, 0.05) is 5.56 Å². The summed E-state index contributed by atoms with van der Waals surface area (Å²) in [6.45, 7) is 0. The summed E-state index contributed by atoms with van der Waals surface area (Å²) in [5.74, 6) is 1.94. The lowest BCUT2D eigenvalue weighted by molar-refractivity contribution is 0.338. The van der Waals surface area contributed by atoms with Crippen molar-refractivity contribution >= 4 is 5.57 Å². The molecule has 0 amide bonds. The van der Waals surface area contributed by atoms with Crippen molar-refractivity contribution in [2.24, 2.45) is 0 Å². The van der Waals surface area contributed by atoms with Crippen LogP contribution in [-0.2, 0) is 4.74 Å². The summed E-state index contributed by atoms with van der Waals surface area (Å²) in [5, 5.41) is 0. The molecule has 0 N–H and O–H groups in total. The Morgan fingerprint density at radius 3 is 2.55 bits per heavy atom. The first kappa shape index (κ1) is 13.9. The van der Waals surface area contributed by atoms with Crippen molar-refractivity contribution in [2.45, 2.75) is 0 Å². The van der Waals surface area contributed by atoms with Gasteiger partial charge in [-0.15, -0.1) is 0 Å². The molecule has 0 fully saturated rings. The third-order valence-corrected chi connectivity index (χ3v) is 3.05. The maximum atomic E-state index is 5.97. The van der Waals surface area contributed by atoms with Crippen LogP contribution in [0.1, 0.15) is 11.5 Å². The van der Waals surface area contributed by atoms with Crippen molar-refractivity contribution in [3.63, 3.8) is 0 Å². The Morgan fingerprint density at radius 2 is 1.82 bits per heavy atom. The second kappa shape index (κ2) is 6.63. The number of hydrogen-bond acceptors (Lipinski definition) is 4. The molecule has 1 heterocycles. The molecule has 1 aromatic heterocycles. The Balaban J connectivity index is 2.01. The predicted molar refractivity (Wildman–Crippen MR) is 83.5 cm³/mol. The number of para-hydroxylation sites is 2. The fourth-order valence-electron chi connectivity index (χ4n) is 2.10. The number of oxazole rings is 1. The Hall–Kier alpha value is -3.01. The first-order valence-electron chi connectivity index (χ1n) is 6.83. The highest BCUT2D eigenvalue weighted by molar-refractivity contribution is 5.78. The van der Waals surface area contributed by atoms with Crippen LogP contribution in [0.5, 0.6) is 11.5 Å². The Kier molecular flexibility index (Phi) is 4.20. The quantitative estimate of drug-likeness (QED) is 0.650. The standard InChI is InChI=1S/C18H15NO3/c1-20-13-16(18-19-11-12-21-18)15-9-5-6-10-17(15)22-14-7-3-2-4-8-14/h2-13H,1H3. The van der Waals surface area contributed by atoms with Gasteiger partial charge in [-0.05, 0) is 18.2 Å². The van der Waals surface area contributed by atoms with E-state index in [9.17, 15) is 0 Å². The van der Waals surface area contributed by atoms with E-state index in [2.05, 4.69) is 4.98 Å². The number of methoxy groups -OCH3 is 1. The zero-order chi connectivity index (χ0) is 15.2. The van der Waals surface area contributed by atoms with Gasteiger partial charge in [-0.25, -0.2) is 4.98 Å². The highest BCUT2D eigenvalue weighted by atomic mass is 16.5. The average Bonchev–Trinajstić information content (AvgIpc) is 3.09. The van der Waals surface area contributed by atoms with Crippen molar-refractivity contribution in [3.05, 3.63) is 84.8 Å². The number of nitrogens with zero attached hydrogens (tertiary/aromatic N) is 1. The van der Waals surface area contributed by atoms with Gasteiger partial charge in [0.05, 0.1) is 25.1 Å². The molecule has 4 nitrogen and oxygen atoms in total. The van der Waals surface area contributed by atoms with E-state index < -0.39 is 0 Å². The minimum absolute atomic E-state index is 0.478. The smallest absolute Gasteiger partial charge is 0.229 e. The van der Waals surface area contributed by atoms with Gasteiger partial charge >= 0.3 is 0 Å². The van der Waals surface area contributed by atoms with Gasteiger partial charge < -0.3 is 13.9 Å². The Bertz CT molecular complexity index is 749. The molecule has 0 radical (unpaired) electrons. The summed E-state index contributed by atoms with van der Waals surface area (Å²) >= 11 is 0. The van der Waals surface area contributed by atoms with Gasteiger partial charge in [0.15, 0.2) is 0 Å². The molecule has 0 aliphatic carbocycles. The van der Waals surface area contributed by atoms with Gasteiger partial charge in [0.25, 0.3) is 0 Å². The second-order valence-corrected chi connectivity index (χ2v) is 4.52. The fourth-order valence-corrected chi connectivity index (χ4v) is 2.10. The van der Waals surface area contributed by atoms with E-state index in [4.69, 9.17) is 13.9 Å². The van der Waals surface area contributed by atoms with Crippen LogP contribution < -0.4 is 4.74 Å². The lowest BCUT2D eigenvalue weighted by atomic mass is 10.1. The van der Waals surface area contributed by atoms with Crippen LogP contribution in [0.15, 0.2) is 77.7 Å². The van der Waals surface area contributed by atoms with Gasteiger partial charge in [-0.2, -0.15) is 0 Å². The minimum Gasteiger partial charge on any atom is -0.504 e. The zero-order valence-electron chi connectivity index (χ0n) is 12.1. The van der Waals surface area contributed by atoms with Crippen molar-refractivity contribution in [1.29, 1.82) is 0 Å². The number of hydrogen-bond donors (Lipinski definition) is 0. The van der Waals surface area contributed by atoms with E-state index in [1.54, 1.807) is 19.6 Å². The minimum atomic E-state index is 0.478. The van der Waals surface area contributed by atoms with Gasteiger partial charge in [-0.3, -0.25) is 0 Å². The molecule has 0 spiro atoms. The van der Waals surface area contributed by atoms with E-state index in [1.165, 1.54) is 6.26 Å². The normalized spacial score (nSPS) is 11.2. The molecule has 0 aliphatic rings. The van der Waals surface area contributed by atoms with Crippen molar-refractivity contribution in [3.8, 4) is 11.5 Å². The lowest BCUT2D eigenvalue weighted by Gasteiger charge is -2.12. The average molecular weight is 293 g/mol. The zero-order valence-corrected chi connectivity index (χ0v) is 12.1. The SMILES string of the molecule is COC=C(c1ncco1)c1ccccc1Oc1ccccc1. The molecular weight excluding hydrogens is 278 g/mol. The third kappa shape index (κ3) is 3.01. The maximum Gasteiger partial charge on any atom is 0.229 e. The van der Waals surface area contributed by atoms with Gasteiger partial charge in [0.1, 0.15) is 17.8 Å². The molecule has 22 heavy (non-hydrogen) atoms. The van der Waals surface area contributed by atoms with Gasteiger partial charge in [0.2, 0.25) is 5.89 Å². The lowest BCUT2D eigenvalue weighted by Crippen LogP contribution is -1.94. The molecule has 2 aromatic carbocycles. The van der Waals surface area contributed by atoms with Crippen LogP contribution in [0.4, 0.5) is 0 Å². The summed E-state index contributed by atoms with van der Waals surface area (Å²) in [4.78, 5) is 4.19. The van der Waals surface area contributed by atoms with Crippen LogP contribution in [0.3, 0.4) is 0 Å². The van der Waals surface area contributed by atoms with Gasteiger partial charge in [-0.1, -0.05) is 36.4 Å². The molecule has 0 saturated carbocycles. The molecule has 4 heteroatoms. The molecular formula is C18H15NO3. The van der Waals surface area contributed by atoms with Crippen LogP contribution in [0, 0.1) is 0 Å². The third-order valence-electron chi connectivity index (χ3n) is 3.05. The molecule has 0 unspecified atom stereocenters. The first-order valence-corrected chi connectivity index (χ1v) is 6.83. The topological polar surface area (TPSA) is 44.5 Å². The van der Waals surface area contributed by atoms with E-state index in [0.29, 0.717) is 11.6 Å². The van der Waals surface area contributed by atoms with Crippen molar-refractivity contribution < 1.29 is 13.9 Å². The van der Waals surface area contributed by atoms with Crippen LogP contribution in [0.2, 0.25) is 0 Å². The van der Waals surface area contributed by atoms with E-state index in [1.807, 2.05) is 54.6 Å². The summed E-state index contributed by atoms with van der Waals surface area (Å²) in [5.41, 5.74) is 1.56. The molecule has 0 atom stereocenters. The maximum absolute atomic E-state index is 5.97. The Morgan fingerprint density at radius 1 is 1.05 bits per heavy atom. The van der Waals surface area contributed by atoms with Crippen LogP contribution >= 0.6 is 0 Å². The van der Waals surface area contributed by atoms with E-state index in [0.717, 1.165) is 16.9 Å². The molecule has 3 rings (SSSR count). The largest absolute Gasteiger partial charge is 0.504 e. The van der Waals surface area contributed by atoms with E-state index in [-0.39, 0.29) is 0 Å². The monoisotopic (exact) mass is 293 g/mol. The summed E-state index contributed by atoms with van der Waals surface area (Å²) in [6, 6.07) is 17.3. The highest BCUT2D eigenvalue weighted by Gasteiger charge is 2.15. The molecule has 0 aliphatic heterocycles. The Labute approximate surface area is 128 Å². The number of aromatic nitrogens is 1. The highest BCUT2D eigenvalue weighted by Crippen LogP contribution is 2.33. The summed E-state index contributed by atoms with van der Waals surface area (Å²) in [7, 11) is 1.59. The van der Waals surface area contributed by atoms with E-state index >= 15 is 0 Å². The molecule has 110 valence electrons. The summed E-state index contributed by atoms with van der Waals surface area (Å²) in [6.07, 6.45) is 4.72. The van der Waals surface area contributed by atoms with Crippen LogP contribution in [0.25, 0.3) is 5.57 Å². The second-order valence-electron chi connectivity index (χ2n) is 4.52. The number of ether oxygens (including phenoxy) is 2. The molecule has 3 aromatic rings. The fraction of sp³-hybridized carbons (Fsp3) is 0.0556. The van der Waals surface area contributed by atoms with Crippen LogP contribution in [-0.4, -0.2) is 12.1 Å². The van der Waals surface area contributed by atoms with Crippen molar-refractivity contribution in [1.82, 2.24) is 4.98 Å². The predicted octanol–water partition coefficient (Wildman–Crippen LogP) is 4.50. The number of benzene rings is 2.